The van der Waals surface area contributed by atoms with Gasteiger partial charge in [-0.3, -0.25) is 10.1 Å². The topological polar surface area (TPSA) is 75.3 Å². The van der Waals surface area contributed by atoms with Crippen molar-refractivity contribution in [1.29, 1.82) is 0 Å². The first-order chi connectivity index (χ1) is 5.22. The predicted octanol–water partition coefficient (Wildman–Crippen LogP) is -0.827. The molecule has 1 fully saturated rings. The highest BCUT2D eigenvalue weighted by Gasteiger charge is 2.22. The highest BCUT2D eigenvalue weighted by molar-refractivity contribution is 5.97. The van der Waals surface area contributed by atoms with Gasteiger partial charge in [0, 0.05) is 18.9 Å². The van der Waals surface area contributed by atoms with Gasteiger partial charge in [-0.05, 0) is 0 Å². The minimum Gasteiger partial charge on any atom is -0.334 e. The zero-order valence-electron chi connectivity index (χ0n) is 5.79. The molecule has 1 rings (SSSR count). The molecule has 1 unspecified atom stereocenters. The molecule has 1 aliphatic heterocycles. The molecule has 5 heteroatoms. The summed E-state index contributed by atoms with van der Waals surface area (Å²) in [5, 5.41) is 4.51. The lowest BCUT2D eigenvalue weighted by molar-refractivity contribution is -0.121. The van der Waals surface area contributed by atoms with E-state index in [0.717, 1.165) is 0 Å². The van der Waals surface area contributed by atoms with Crippen LogP contribution in [0.3, 0.4) is 0 Å². The third-order valence-corrected chi connectivity index (χ3v) is 1.40. The van der Waals surface area contributed by atoms with Crippen molar-refractivity contribution < 1.29 is 14.4 Å². The second kappa shape index (κ2) is 3.14. The Morgan fingerprint density at radius 1 is 1.55 bits per heavy atom. The average molecular weight is 156 g/mol. The van der Waals surface area contributed by atoms with E-state index in [1.807, 2.05) is 0 Å². The summed E-state index contributed by atoms with van der Waals surface area (Å²) in [4.78, 5) is 31.3. The van der Waals surface area contributed by atoms with Crippen molar-refractivity contribution >= 4 is 18.2 Å². The molecule has 0 spiro atoms. The summed E-state index contributed by atoms with van der Waals surface area (Å²) in [6, 6.07) is -0.846. The summed E-state index contributed by atoms with van der Waals surface area (Å²) in [6.07, 6.45) is 1.06. The number of hydrogen-bond donors (Lipinski definition) is 2. The van der Waals surface area contributed by atoms with Gasteiger partial charge in [-0.1, -0.05) is 0 Å². The Balaban J connectivity index is 2.49. The van der Waals surface area contributed by atoms with Gasteiger partial charge in [0.25, 0.3) is 0 Å². The van der Waals surface area contributed by atoms with Gasteiger partial charge in [0.15, 0.2) is 0 Å². The number of hydrogen-bond acceptors (Lipinski definition) is 3. The molecule has 0 aromatic heterocycles. The van der Waals surface area contributed by atoms with E-state index in [9.17, 15) is 14.4 Å². The van der Waals surface area contributed by atoms with E-state index in [1.54, 1.807) is 0 Å². The zero-order chi connectivity index (χ0) is 8.27. The molecular formula is C6H8N2O3. The fourth-order valence-electron chi connectivity index (χ4n) is 0.932. The Kier molecular flexibility index (Phi) is 2.20. The van der Waals surface area contributed by atoms with Crippen molar-refractivity contribution in [3.8, 4) is 0 Å². The van der Waals surface area contributed by atoms with Crippen LogP contribution in [0.25, 0.3) is 0 Å². The second-order valence-corrected chi connectivity index (χ2v) is 2.33. The van der Waals surface area contributed by atoms with Crippen LogP contribution in [0.1, 0.15) is 12.8 Å². The van der Waals surface area contributed by atoms with E-state index in [0.29, 0.717) is 6.29 Å². The van der Waals surface area contributed by atoms with Crippen LogP contribution in [-0.4, -0.2) is 24.3 Å². The molecule has 5 nitrogen and oxygen atoms in total. The number of carbonyl (C=O) groups excluding carboxylic acids is 3. The molecule has 1 heterocycles. The van der Waals surface area contributed by atoms with Gasteiger partial charge < -0.3 is 10.1 Å². The lowest BCUT2D eigenvalue weighted by Crippen LogP contribution is -2.52. The first-order valence-corrected chi connectivity index (χ1v) is 3.26. The summed E-state index contributed by atoms with van der Waals surface area (Å²) in [7, 11) is 0. The van der Waals surface area contributed by atoms with Gasteiger partial charge >= 0.3 is 6.03 Å². The predicted molar refractivity (Wildman–Crippen MR) is 35.8 cm³/mol. The zero-order valence-corrected chi connectivity index (χ0v) is 5.79. The first kappa shape index (κ1) is 7.71. The van der Waals surface area contributed by atoms with E-state index >= 15 is 0 Å². The van der Waals surface area contributed by atoms with E-state index in [4.69, 9.17) is 0 Å². The van der Waals surface area contributed by atoms with E-state index in [1.165, 1.54) is 0 Å². The minimum atomic E-state index is -0.520. The Bertz CT molecular complexity index is 186. The number of nitrogens with one attached hydrogen (secondary N) is 2. The molecule has 3 amide bonds. The molecule has 2 N–H and O–H groups in total. The van der Waals surface area contributed by atoms with Crippen LogP contribution in [0.4, 0.5) is 4.79 Å². The average Bonchev–Trinajstić information content (AvgIpc) is 1.85. The molecule has 0 saturated carbocycles. The minimum absolute atomic E-state index is 0.185. The molecule has 0 aromatic rings. The molecule has 0 aromatic carbocycles. The van der Waals surface area contributed by atoms with E-state index in [-0.39, 0.29) is 24.8 Å². The molecule has 60 valence electrons. The summed E-state index contributed by atoms with van der Waals surface area (Å²) < 4.78 is 0. The van der Waals surface area contributed by atoms with Crippen LogP contribution in [-0.2, 0) is 9.59 Å². The van der Waals surface area contributed by atoms with Crippen molar-refractivity contribution in [3.05, 3.63) is 0 Å². The summed E-state index contributed by atoms with van der Waals surface area (Å²) >= 11 is 0. The molecule has 0 aliphatic carbocycles. The summed E-state index contributed by atoms with van der Waals surface area (Å²) in [5.74, 6) is -0.333. The van der Waals surface area contributed by atoms with Crippen molar-refractivity contribution in [2.24, 2.45) is 0 Å². The van der Waals surface area contributed by atoms with Gasteiger partial charge in [0.05, 0.1) is 0 Å². The Labute approximate surface area is 63.1 Å². The molecule has 0 radical (unpaired) electrons. The van der Waals surface area contributed by atoms with Crippen molar-refractivity contribution in [2.75, 3.05) is 0 Å². The van der Waals surface area contributed by atoms with Crippen molar-refractivity contribution in [3.63, 3.8) is 0 Å². The van der Waals surface area contributed by atoms with Crippen molar-refractivity contribution in [1.82, 2.24) is 10.6 Å². The fourth-order valence-corrected chi connectivity index (χ4v) is 0.932. The summed E-state index contributed by atoms with van der Waals surface area (Å²) in [5.41, 5.74) is 0. The van der Waals surface area contributed by atoms with Crippen LogP contribution in [0.2, 0.25) is 0 Å². The van der Waals surface area contributed by atoms with Gasteiger partial charge in [-0.25, -0.2) is 4.79 Å². The van der Waals surface area contributed by atoms with Gasteiger partial charge in [0.2, 0.25) is 5.91 Å². The standard InChI is InChI=1S/C6H8N2O3/c9-2-1-4-3-5(10)8-6(11)7-4/h2,4H,1,3H2,(H2,7,8,10,11). The highest BCUT2D eigenvalue weighted by atomic mass is 16.2. The molecule has 1 aliphatic rings. The van der Waals surface area contributed by atoms with Gasteiger partial charge in [-0.15, -0.1) is 0 Å². The molecule has 0 bridgehead atoms. The van der Waals surface area contributed by atoms with Gasteiger partial charge in [0.1, 0.15) is 6.29 Å². The molecule has 1 saturated heterocycles. The van der Waals surface area contributed by atoms with Crippen LogP contribution in [0.5, 0.6) is 0 Å². The molecular weight excluding hydrogens is 148 g/mol. The van der Waals surface area contributed by atoms with E-state index < -0.39 is 6.03 Å². The second-order valence-electron chi connectivity index (χ2n) is 2.33. The number of aldehydes is 1. The smallest absolute Gasteiger partial charge is 0.321 e. The monoisotopic (exact) mass is 156 g/mol. The summed E-state index contributed by atoms with van der Waals surface area (Å²) in [6.45, 7) is 0. The number of urea groups is 1. The Morgan fingerprint density at radius 2 is 2.27 bits per heavy atom. The SMILES string of the molecule is O=CCC1CC(=O)NC(=O)N1. The maximum Gasteiger partial charge on any atom is 0.321 e. The molecule has 1 atom stereocenters. The lowest BCUT2D eigenvalue weighted by atomic mass is 10.1. The fraction of sp³-hybridized carbons (Fsp3) is 0.500. The third-order valence-electron chi connectivity index (χ3n) is 1.40. The largest absolute Gasteiger partial charge is 0.334 e. The van der Waals surface area contributed by atoms with Crippen LogP contribution >= 0.6 is 0 Å². The van der Waals surface area contributed by atoms with Gasteiger partial charge in [-0.2, -0.15) is 0 Å². The van der Waals surface area contributed by atoms with Crippen molar-refractivity contribution in [2.45, 2.75) is 18.9 Å². The number of amides is 3. The highest BCUT2D eigenvalue weighted by Crippen LogP contribution is 1.99. The first-order valence-electron chi connectivity index (χ1n) is 3.26. The number of carbonyl (C=O) groups is 3. The lowest BCUT2D eigenvalue weighted by Gasteiger charge is -2.20. The number of imide groups is 1. The van der Waals surface area contributed by atoms with Crippen LogP contribution in [0, 0.1) is 0 Å². The maximum atomic E-state index is 10.7. The normalized spacial score (nSPS) is 23.8. The Morgan fingerprint density at radius 3 is 2.82 bits per heavy atom. The van der Waals surface area contributed by atoms with Crippen LogP contribution in [0.15, 0.2) is 0 Å². The maximum absolute atomic E-state index is 10.7. The molecule has 11 heavy (non-hydrogen) atoms. The number of rotatable bonds is 2. The quantitative estimate of drug-likeness (QED) is 0.512. The third kappa shape index (κ3) is 2.03. The van der Waals surface area contributed by atoms with E-state index in [2.05, 4.69) is 10.6 Å². The van der Waals surface area contributed by atoms with Crippen LogP contribution < -0.4 is 10.6 Å². The Hall–Kier alpha value is -1.39.